The molecule has 0 fully saturated rings. The molecule has 4 nitrogen and oxygen atoms in total. The van der Waals surface area contributed by atoms with Crippen LogP contribution in [-0.2, 0) is 0 Å². The molecule has 2 N–H and O–H groups in total. The first kappa shape index (κ1) is 9.25. The highest BCUT2D eigenvalue weighted by molar-refractivity contribution is 6.47. The fraction of sp³-hybridized carbons (Fsp3) is 0.111. The van der Waals surface area contributed by atoms with Crippen molar-refractivity contribution in [2.24, 2.45) is 10.3 Å². The molecule has 0 spiro atoms. The molecule has 1 aromatic carbocycles. The Balaban J connectivity index is 3.07. The van der Waals surface area contributed by atoms with Crippen molar-refractivity contribution in [2.75, 3.05) is 0 Å². The molecule has 0 aromatic heterocycles. The Labute approximate surface area is 75.8 Å². The highest BCUT2D eigenvalue weighted by atomic mass is 16.4. The van der Waals surface area contributed by atoms with Crippen LogP contribution in [0.15, 0.2) is 40.6 Å². The van der Waals surface area contributed by atoms with Crippen LogP contribution in [0.4, 0.5) is 0 Å². The Kier molecular flexibility index (Phi) is 3.03. The number of hydrogen-bond donors (Lipinski definition) is 2. The summed E-state index contributed by atoms with van der Waals surface area (Å²) in [6.45, 7) is 1.56. The van der Waals surface area contributed by atoms with E-state index in [1.54, 1.807) is 19.1 Å². The van der Waals surface area contributed by atoms with E-state index in [1.807, 2.05) is 18.2 Å². The van der Waals surface area contributed by atoms with E-state index in [9.17, 15) is 0 Å². The monoisotopic (exact) mass is 178 g/mol. The molecule has 1 aromatic rings. The van der Waals surface area contributed by atoms with E-state index >= 15 is 0 Å². The smallest absolute Gasteiger partial charge is 0.134 e. The molecule has 0 aliphatic carbocycles. The molecule has 0 saturated heterocycles. The molecule has 13 heavy (non-hydrogen) atoms. The third-order valence-corrected chi connectivity index (χ3v) is 1.64. The summed E-state index contributed by atoms with van der Waals surface area (Å²) in [7, 11) is 0. The maximum atomic E-state index is 8.68. The van der Waals surface area contributed by atoms with E-state index in [4.69, 9.17) is 10.4 Å². The Hall–Kier alpha value is -1.84. The lowest BCUT2D eigenvalue weighted by Crippen LogP contribution is -2.11. The van der Waals surface area contributed by atoms with Gasteiger partial charge in [0.05, 0.1) is 0 Å². The van der Waals surface area contributed by atoms with Gasteiger partial charge in [-0.15, -0.1) is 0 Å². The topological polar surface area (TPSA) is 65.2 Å². The van der Waals surface area contributed by atoms with Crippen molar-refractivity contribution in [1.82, 2.24) is 0 Å². The molecule has 0 aliphatic heterocycles. The van der Waals surface area contributed by atoms with Gasteiger partial charge in [-0.1, -0.05) is 40.6 Å². The second kappa shape index (κ2) is 4.25. The highest BCUT2D eigenvalue weighted by Gasteiger charge is 2.07. The molecule has 0 aliphatic rings. The van der Waals surface area contributed by atoms with Crippen LogP contribution in [0.3, 0.4) is 0 Å². The second-order valence-corrected chi connectivity index (χ2v) is 2.50. The van der Waals surface area contributed by atoms with Gasteiger partial charge in [-0.25, -0.2) is 0 Å². The summed E-state index contributed by atoms with van der Waals surface area (Å²) < 4.78 is 0. The van der Waals surface area contributed by atoms with E-state index in [-0.39, 0.29) is 11.4 Å². The standard InChI is InChI=1S/C9H10N2O2/c1-7(10-12)9(11-13)8-5-3-2-4-6-8/h2-6,12-13H,1H3/b10-7-,11-9+. The average Bonchev–Trinajstić information content (AvgIpc) is 2.20. The first-order chi connectivity index (χ1) is 6.29. The molecule has 68 valence electrons. The van der Waals surface area contributed by atoms with Crippen molar-refractivity contribution in [3.05, 3.63) is 35.9 Å². The van der Waals surface area contributed by atoms with E-state index in [0.29, 0.717) is 5.56 Å². The van der Waals surface area contributed by atoms with Crippen LogP contribution in [-0.4, -0.2) is 21.8 Å². The Morgan fingerprint density at radius 1 is 1.08 bits per heavy atom. The van der Waals surface area contributed by atoms with Gasteiger partial charge >= 0.3 is 0 Å². The van der Waals surface area contributed by atoms with Crippen LogP contribution in [0.2, 0.25) is 0 Å². The molecule has 0 unspecified atom stereocenters. The quantitative estimate of drug-likeness (QED) is 0.411. The minimum atomic E-state index is 0.267. The van der Waals surface area contributed by atoms with E-state index in [0.717, 1.165) is 0 Å². The van der Waals surface area contributed by atoms with Gasteiger partial charge in [0.1, 0.15) is 11.4 Å². The van der Waals surface area contributed by atoms with Gasteiger partial charge in [0.15, 0.2) is 0 Å². The Morgan fingerprint density at radius 3 is 2.15 bits per heavy atom. The van der Waals surface area contributed by atoms with Gasteiger partial charge in [0.2, 0.25) is 0 Å². The molecular formula is C9H10N2O2. The molecule has 0 atom stereocenters. The molecule has 0 saturated carbocycles. The van der Waals surface area contributed by atoms with Crippen molar-refractivity contribution < 1.29 is 10.4 Å². The van der Waals surface area contributed by atoms with Crippen molar-refractivity contribution in [1.29, 1.82) is 0 Å². The number of rotatable bonds is 2. The van der Waals surface area contributed by atoms with Gasteiger partial charge in [-0.2, -0.15) is 0 Å². The predicted molar refractivity (Wildman–Crippen MR) is 49.7 cm³/mol. The Bertz CT molecular complexity index is 331. The minimum Gasteiger partial charge on any atom is -0.411 e. The summed E-state index contributed by atoms with van der Waals surface area (Å²) in [5.41, 5.74) is 1.25. The van der Waals surface area contributed by atoms with Gasteiger partial charge in [0.25, 0.3) is 0 Å². The van der Waals surface area contributed by atoms with Gasteiger partial charge in [0, 0.05) is 5.56 Å². The lowest BCUT2D eigenvalue weighted by Gasteiger charge is -2.00. The first-order valence-electron chi connectivity index (χ1n) is 3.76. The van der Waals surface area contributed by atoms with E-state index < -0.39 is 0 Å². The SMILES string of the molecule is CC(=N/O)/C(=N\O)c1ccccc1. The number of nitrogens with zero attached hydrogens (tertiary/aromatic N) is 2. The highest BCUT2D eigenvalue weighted by Crippen LogP contribution is 2.02. The molecule has 1 rings (SSSR count). The summed E-state index contributed by atoms with van der Waals surface area (Å²) in [5, 5.41) is 23.2. The van der Waals surface area contributed by atoms with Crippen molar-refractivity contribution >= 4 is 11.4 Å². The maximum absolute atomic E-state index is 8.68. The van der Waals surface area contributed by atoms with Crippen molar-refractivity contribution in [3.8, 4) is 0 Å². The summed E-state index contributed by atoms with van der Waals surface area (Å²) in [6, 6.07) is 9.01. The number of oxime groups is 2. The molecular weight excluding hydrogens is 168 g/mol. The normalized spacial score (nSPS) is 13.0. The molecule has 0 bridgehead atoms. The molecule has 0 amide bonds. The van der Waals surface area contributed by atoms with Crippen LogP contribution >= 0.6 is 0 Å². The molecule has 0 heterocycles. The zero-order valence-corrected chi connectivity index (χ0v) is 7.18. The summed E-state index contributed by atoms with van der Waals surface area (Å²) in [4.78, 5) is 0. The summed E-state index contributed by atoms with van der Waals surface area (Å²) in [6.07, 6.45) is 0. The van der Waals surface area contributed by atoms with Crippen molar-refractivity contribution in [2.45, 2.75) is 6.92 Å². The van der Waals surface area contributed by atoms with Crippen LogP contribution in [0.5, 0.6) is 0 Å². The summed E-state index contributed by atoms with van der Waals surface area (Å²) >= 11 is 0. The van der Waals surface area contributed by atoms with Crippen LogP contribution < -0.4 is 0 Å². The zero-order chi connectivity index (χ0) is 9.68. The first-order valence-corrected chi connectivity index (χ1v) is 3.76. The van der Waals surface area contributed by atoms with Gasteiger partial charge < -0.3 is 10.4 Å². The van der Waals surface area contributed by atoms with E-state index in [1.165, 1.54) is 0 Å². The summed E-state index contributed by atoms with van der Waals surface area (Å²) in [5.74, 6) is 0. The zero-order valence-electron chi connectivity index (χ0n) is 7.18. The average molecular weight is 178 g/mol. The second-order valence-electron chi connectivity index (χ2n) is 2.50. The van der Waals surface area contributed by atoms with Crippen LogP contribution in [0.1, 0.15) is 12.5 Å². The van der Waals surface area contributed by atoms with Gasteiger partial charge in [-0.3, -0.25) is 0 Å². The van der Waals surface area contributed by atoms with E-state index in [2.05, 4.69) is 10.3 Å². The number of hydrogen-bond acceptors (Lipinski definition) is 4. The third kappa shape index (κ3) is 2.05. The minimum absolute atomic E-state index is 0.267. The molecule has 4 heteroatoms. The maximum Gasteiger partial charge on any atom is 0.134 e. The Morgan fingerprint density at radius 2 is 1.69 bits per heavy atom. The van der Waals surface area contributed by atoms with Crippen LogP contribution in [0, 0.1) is 0 Å². The third-order valence-electron chi connectivity index (χ3n) is 1.64. The molecule has 0 radical (unpaired) electrons. The fourth-order valence-electron chi connectivity index (χ4n) is 0.982. The largest absolute Gasteiger partial charge is 0.411 e. The number of benzene rings is 1. The van der Waals surface area contributed by atoms with Gasteiger partial charge in [-0.05, 0) is 6.92 Å². The van der Waals surface area contributed by atoms with Crippen LogP contribution in [0.25, 0.3) is 0 Å². The lowest BCUT2D eigenvalue weighted by molar-refractivity contribution is 0.314. The van der Waals surface area contributed by atoms with Crippen molar-refractivity contribution in [3.63, 3.8) is 0 Å². The lowest BCUT2D eigenvalue weighted by atomic mass is 10.1. The predicted octanol–water partition coefficient (Wildman–Crippen LogP) is 1.71. The fourth-order valence-corrected chi connectivity index (χ4v) is 0.982.